The second kappa shape index (κ2) is 3.41. The van der Waals surface area contributed by atoms with Crippen molar-refractivity contribution in [2.45, 2.75) is 4.90 Å². The second-order valence-corrected chi connectivity index (χ2v) is 4.19. The predicted molar refractivity (Wildman–Crippen MR) is 48.1 cm³/mol. The molecular weight excluding hydrogens is 226 g/mol. The molecule has 8 heteroatoms. The number of aromatic carboxylic acids is 1. The monoisotopic (exact) mass is 233 g/mol. The van der Waals surface area contributed by atoms with Gasteiger partial charge in [0.1, 0.15) is 16.2 Å². The molecule has 0 spiro atoms. The third-order valence-electron chi connectivity index (χ3n) is 1.64. The first-order valence-electron chi connectivity index (χ1n) is 3.56. The first-order chi connectivity index (χ1) is 6.75. The summed E-state index contributed by atoms with van der Waals surface area (Å²) in [4.78, 5) is 9.81. The number of phenols is 2. The number of carboxylic acids is 1. The van der Waals surface area contributed by atoms with Gasteiger partial charge in [-0.25, -0.2) is 18.4 Å². The number of carboxylic acid groups (broad SMARTS) is 1. The van der Waals surface area contributed by atoms with Crippen molar-refractivity contribution < 1.29 is 28.5 Å². The van der Waals surface area contributed by atoms with Crippen LogP contribution in [0.2, 0.25) is 0 Å². The maximum Gasteiger partial charge on any atom is 0.343 e. The van der Waals surface area contributed by atoms with Crippen LogP contribution in [0.5, 0.6) is 11.5 Å². The van der Waals surface area contributed by atoms with Crippen LogP contribution in [0.4, 0.5) is 0 Å². The highest BCUT2D eigenvalue weighted by Crippen LogP contribution is 2.32. The highest BCUT2D eigenvalue weighted by molar-refractivity contribution is 7.89. The van der Waals surface area contributed by atoms with Gasteiger partial charge in [-0.15, -0.1) is 0 Å². The van der Waals surface area contributed by atoms with Gasteiger partial charge in [-0.1, -0.05) is 0 Å². The average molecular weight is 233 g/mol. The van der Waals surface area contributed by atoms with E-state index in [9.17, 15) is 18.3 Å². The molecule has 0 aliphatic carbocycles. The van der Waals surface area contributed by atoms with Crippen molar-refractivity contribution in [1.82, 2.24) is 0 Å². The molecule has 0 unspecified atom stereocenters. The molecule has 1 rings (SSSR count). The van der Waals surface area contributed by atoms with E-state index in [0.717, 1.165) is 12.1 Å². The van der Waals surface area contributed by atoms with Gasteiger partial charge < -0.3 is 15.3 Å². The van der Waals surface area contributed by atoms with Crippen molar-refractivity contribution in [3.05, 3.63) is 17.7 Å². The van der Waals surface area contributed by atoms with Gasteiger partial charge in [0.2, 0.25) is 10.0 Å². The van der Waals surface area contributed by atoms with Gasteiger partial charge in [-0.2, -0.15) is 0 Å². The van der Waals surface area contributed by atoms with E-state index < -0.39 is 38.0 Å². The first-order valence-corrected chi connectivity index (χ1v) is 5.11. The first kappa shape index (κ1) is 11.3. The van der Waals surface area contributed by atoms with Crippen molar-refractivity contribution >= 4 is 16.0 Å². The van der Waals surface area contributed by atoms with Crippen LogP contribution in [0.3, 0.4) is 0 Å². The summed E-state index contributed by atoms with van der Waals surface area (Å²) in [6, 6.07) is 1.63. The van der Waals surface area contributed by atoms with Crippen molar-refractivity contribution in [2.24, 2.45) is 5.14 Å². The summed E-state index contributed by atoms with van der Waals surface area (Å²) in [6.45, 7) is 0. The number of rotatable bonds is 2. The molecule has 1 aromatic rings. The summed E-state index contributed by atoms with van der Waals surface area (Å²) >= 11 is 0. The van der Waals surface area contributed by atoms with Crippen molar-refractivity contribution in [3.63, 3.8) is 0 Å². The quantitative estimate of drug-likeness (QED) is 0.540. The van der Waals surface area contributed by atoms with E-state index in [1.54, 1.807) is 0 Å². The third kappa shape index (κ3) is 2.00. The number of nitrogens with two attached hydrogens (primary N) is 1. The maximum absolute atomic E-state index is 10.9. The average Bonchev–Trinajstić information content (AvgIpc) is 2.00. The number of hydrogen-bond donors (Lipinski definition) is 4. The summed E-state index contributed by atoms with van der Waals surface area (Å²) in [5.41, 5.74) is -0.901. The molecule has 0 saturated carbocycles. The fraction of sp³-hybridized carbons (Fsp3) is 0. The Morgan fingerprint density at radius 1 is 1.27 bits per heavy atom. The number of hydrogen-bond acceptors (Lipinski definition) is 5. The van der Waals surface area contributed by atoms with Gasteiger partial charge in [-0.05, 0) is 12.1 Å². The summed E-state index contributed by atoms with van der Waals surface area (Å²) < 4.78 is 21.8. The van der Waals surface area contributed by atoms with E-state index >= 15 is 0 Å². The Balaban J connectivity index is 3.64. The van der Waals surface area contributed by atoms with Crippen molar-refractivity contribution in [2.75, 3.05) is 0 Å². The van der Waals surface area contributed by atoms with Gasteiger partial charge in [0.25, 0.3) is 0 Å². The Labute approximate surface area is 84.4 Å². The highest BCUT2D eigenvalue weighted by Gasteiger charge is 2.23. The molecular formula is C7H7NO6S. The molecule has 15 heavy (non-hydrogen) atoms. The van der Waals surface area contributed by atoms with Crippen LogP contribution in [0.25, 0.3) is 0 Å². The molecule has 0 saturated heterocycles. The lowest BCUT2D eigenvalue weighted by molar-refractivity contribution is 0.0690. The van der Waals surface area contributed by atoms with Gasteiger partial charge in [0.15, 0.2) is 5.75 Å². The molecule has 7 nitrogen and oxygen atoms in total. The molecule has 82 valence electrons. The second-order valence-electron chi connectivity index (χ2n) is 2.66. The minimum atomic E-state index is -4.23. The lowest BCUT2D eigenvalue weighted by atomic mass is 10.2. The standard InChI is InChI=1S/C7H7NO6S/c8-15(13,14)4-2-1-3(9)5(6(4)10)7(11)12/h1-2,9-10H,(H,11,12)(H2,8,13,14). The topological polar surface area (TPSA) is 138 Å². The van der Waals surface area contributed by atoms with Crippen LogP contribution >= 0.6 is 0 Å². The molecule has 0 aliphatic heterocycles. The zero-order valence-electron chi connectivity index (χ0n) is 7.21. The Bertz CT molecular complexity index is 521. The van der Waals surface area contributed by atoms with Gasteiger partial charge in [-0.3, -0.25) is 0 Å². The van der Waals surface area contributed by atoms with Crippen LogP contribution in [-0.4, -0.2) is 29.7 Å². The molecule has 0 amide bonds. The Hall–Kier alpha value is -1.80. The van der Waals surface area contributed by atoms with E-state index in [1.807, 2.05) is 0 Å². The zero-order valence-corrected chi connectivity index (χ0v) is 8.02. The van der Waals surface area contributed by atoms with Crippen molar-refractivity contribution in [1.29, 1.82) is 0 Å². The molecule has 0 atom stereocenters. The normalized spacial score (nSPS) is 11.3. The van der Waals surface area contributed by atoms with Gasteiger partial charge in [0, 0.05) is 0 Å². The third-order valence-corrected chi connectivity index (χ3v) is 2.58. The van der Waals surface area contributed by atoms with E-state index in [1.165, 1.54) is 0 Å². The lowest BCUT2D eigenvalue weighted by Gasteiger charge is -2.06. The van der Waals surface area contributed by atoms with Crippen LogP contribution < -0.4 is 5.14 Å². The number of sulfonamides is 1. The predicted octanol–water partition coefficient (Wildman–Crippen LogP) is -0.557. The molecule has 0 aromatic heterocycles. The lowest BCUT2D eigenvalue weighted by Crippen LogP contribution is -2.13. The zero-order chi connectivity index (χ0) is 11.8. The summed E-state index contributed by atoms with van der Waals surface area (Å²) in [7, 11) is -4.23. The minimum absolute atomic E-state index is 0.743. The molecule has 0 bridgehead atoms. The molecule has 5 N–H and O–H groups in total. The number of aromatic hydroxyl groups is 2. The summed E-state index contributed by atoms with van der Waals surface area (Å²) in [5.74, 6) is -3.48. The van der Waals surface area contributed by atoms with E-state index in [4.69, 9.17) is 15.4 Å². The summed E-state index contributed by atoms with van der Waals surface area (Å²) in [6.07, 6.45) is 0. The number of carbonyl (C=O) groups is 1. The SMILES string of the molecule is NS(=O)(=O)c1ccc(O)c(C(=O)O)c1O. The van der Waals surface area contributed by atoms with E-state index in [2.05, 4.69) is 0 Å². The maximum atomic E-state index is 10.9. The minimum Gasteiger partial charge on any atom is -0.507 e. The van der Waals surface area contributed by atoms with E-state index in [0.29, 0.717) is 0 Å². The molecule has 0 heterocycles. The van der Waals surface area contributed by atoms with Crippen molar-refractivity contribution in [3.8, 4) is 11.5 Å². The van der Waals surface area contributed by atoms with Crippen LogP contribution in [0, 0.1) is 0 Å². The molecule has 0 radical (unpaired) electrons. The number of benzene rings is 1. The van der Waals surface area contributed by atoms with E-state index in [-0.39, 0.29) is 0 Å². The molecule has 1 aromatic carbocycles. The largest absolute Gasteiger partial charge is 0.507 e. The van der Waals surface area contributed by atoms with Crippen LogP contribution in [0.1, 0.15) is 10.4 Å². The Morgan fingerprint density at radius 3 is 2.20 bits per heavy atom. The van der Waals surface area contributed by atoms with Gasteiger partial charge in [0.05, 0.1) is 0 Å². The van der Waals surface area contributed by atoms with Gasteiger partial charge >= 0.3 is 5.97 Å². The summed E-state index contributed by atoms with van der Waals surface area (Å²) in [5, 5.41) is 31.6. The highest BCUT2D eigenvalue weighted by atomic mass is 32.2. The fourth-order valence-corrected chi connectivity index (χ4v) is 1.63. The smallest absolute Gasteiger partial charge is 0.343 e. The van der Waals surface area contributed by atoms with Crippen LogP contribution in [-0.2, 0) is 10.0 Å². The fourth-order valence-electron chi connectivity index (χ4n) is 1.00. The molecule has 0 aliphatic rings. The Morgan fingerprint density at radius 2 is 1.80 bits per heavy atom. The number of primary sulfonamides is 1. The van der Waals surface area contributed by atoms with Crippen LogP contribution in [0.15, 0.2) is 17.0 Å². The Kier molecular flexibility index (Phi) is 2.56. The molecule has 0 fully saturated rings.